The van der Waals surface area contributed by atoms with Gasteiger partial charge in [0.25, 0.3) is 23.6 Å². The van der Waals surface area contributed by atoms with Gasteiger partial charge in [-0.15, -0.1) is 0 Å². The maximum Gasteiger partial charge on any atom is 0.286 e. The number of nitrogens with one attached hydrogen (secondary N) is 2. The molecule has 2 aromatic rings. The molecular weight excluding hydrogens is 648 g/mol. The molecule has 0 aromatic heterocycles. The third-order valence-corrected chi connectivity index (χ3v) is 8.67. The summed E-state index contributed by atoms with van der Waals surface area (Å²) in [5.41, 5.74) is 5.53. The van der Waals surface area contributed by atoms with Crippen molar-refractivity contribution >= 4 is 112 Å². The molecule has 2 saturated heterocycles. The minimum Gasteiger partial charge on any atom is -0.267 e. The summed E-state index contributed by atoms with van der Waals surface area (Å²) in [5.74, 6) is -2.46. The number of nitrogens with zero attached hydrogens (tertiary/aromatic N) is 2. The summed E-state index contributed by atoms with van der Waals surface area (Å²) in [6.45, 7) is 0. The van der Waals surface area contributed by atoms with Gasteiger partial charge in [0.1, 0.15) is 9.81 Å². The second kappa shape index (κ2) is 10.3. The van der Waals surface area contributed by atoms with E-state index >= 15 is 0 Å². The number of hydrogen-bond acceptors (Lipinski definition) is 8. The zero-order valence-electron chi connectivity index (χ0n) is 16.5. The van der Waals surface area contributed by atoms with Crippen LogP contribution in [0.25, 0.3) is 0 Å². The van der Waals surface area contributed by atoms with Crippen LogP contribution >= 0.6 is 79.8 Å². The minimum absolute atomic E-state index is 0.00687. The molecule has 4 amide bonds. The van der Waals surface area contributed by atoms with E-state index in [1.807, 2.05) is 0 Å². The lowest BCUT2D eigenvalue weighted by Gasteiger charge is -2.16. The van der Waals surface area contributed by atoms with E-state index in [0.717, 1.165) is 33.5 Å². The van der Waals surface area contributed by atoms with E-state index in [0.29, 0.717) is 20.1 Å². The fourth-order valence-electron chi connectivity index (χ4n) is 2.82. The first-order valence-electron chi connectivity index (χ1n) is 9.17. The topological polar surface area (TPSA) is 98.8 Å². The standard InChI is InChI=1S/C20H10Br2N4O4S4/c21-11-7-3-1-5-9(11)15(27)23-25-17(29)13(33-19(25)31)14-18(30)26(20(32)34-14)24-16(28)10-6-2-4-8-12(10)22/h1-8H,(H,23,27)(H,24,28). The number of amides is 4. The molecule has 2 aromatic carbocycles. The van der Waals surface area contributed by atoms with E-state index in [2.05, 4.69) is 42.7 Å². The maximum atomic E-state index is 13.0. The number of carbonyl (C=O) groups is 4. The SMILES string of the molecule is O=C(NN1C(=O)C(=C2SC(=S)N(NC(=O)c3ccccc3Br)C2=O)SC1=S)c1ccccc1Br. The van der Waals surface area contributed by atoms with Gasteiger partial charge in [0, 0.05) is 8.95 Å². The van der Waals surface area contributed by atoms with E-state index in [-0.39, 0.29) is 18.5 Å². The van der Waals surface area contributed by atoms with E-state index in [1.54, 1.807) is 48.5 Å². The van der Waals surface area contributed by atoms with Crippen LogP contribution in [0.4, 0.5) is 0 Å². The molecule has 14 heteroatoms. The first-order chi connectivity index (χ1) is 16.2. The van der Waals surface area contributed by atoms with E-state index in [1.165, 1.54) is 0 Å². The average Bonchev–Trinajstić information content (AvgIpc) is 3.24. The highest BCUT2D eigenvalue weighted by Crippen LogP contribution is 2.41. The van der Waals surface area contributed by atoms with Crippen LogP contribution in [0.5, 0.6) is 0 Å². The Morgan fingerprint density at radius 2 is 1.06 bits per heavy atom. The number of thiocarbonyl (C=S) groups is 2. The Morgan fingerprint density at radius 1 is 0.706 bits per heavy atom. The molecule has 0 aliphatic carbocycles. The Balaban J connectivity index is 1.53. The number of halogens is 2. The molecular formula is C20H10Br2N4O4S4. The second-order valence-electron chi connectivity index (χ2n) is 6.52. The van der Waals surface area contributed by atoms with Gasteiger partial charge in [-0.1, -0.05) is 47.8 Å². The molecule has 0 unspecified atom stereocenters. The predicted octanol–water partition coefficient (Wildman–Crippen LogP) is 4.13. The molecule has 0 radical (unpaired) electrons. The molecule has 2 heterocycles. The second-order valence-corrected chi connectivity index (χ2v) is 11.5. The van der Waals surface area contributed by atoms with Gasteiger partial charge in [0.05, 0.1) is 11.1 Å². The molecule has 4 rings (SSSR count). The van der Waals surface area contributed by atoms with Crippen LogP contribution in [0.2, 0.25) is 0 Å². The molecule has 0 bridgehead atoms. The first kappa shape index (κ1) is 25.0. The summed E-state index contributed by atoms with van der Waals surface area (Å²) >= 11 is 18.8. The largest absolute Gasteiger partial charge is 0.286 e. The summed E-state index contributed by atoms with van der Waals surface area (Å²) in [6.07, 6.45) is 0. The summed E-state index contributed by atoms with van der Waals surface area (Å²) < 4.78 is 1.17. The first-order valence-corrected chi connectivity index (χ1v) is 13.2. The van der Waals surface area contributed by atoms with E-state index in [9.17, 15) is 19.2 Å². The van der Waals surface area contributed by atoms with Crippen LogP contribution in [-0.2, 0) is 9.59 Å². The van der Waals surface area contributed by atoms with Crippen molar-refractivity contribution in [3.05, 3.63) is 78.4 Å². The summed E-state index contributed by atoms with van der Waals surface area (Å²) in [7, 11) is 0. The van der Waals surface area contributed by atoms with Gasteiger partial charge in [-0.25, -0.2) is 0 Å². The van der Waals surface area contributed by atoms with Gasteiger partial charge in [0.15, 0.2) is 8.64 Å². The number of hydrazine groups is 2. The van der Waals surface area contributed by atoms with Crippen LogP contribution < -0.4 is 10.9 Å². The Labute approximate surface area is 229 Å². The monoisotopic (exact) mass is 656 g/mol. The average molecular weight is 658 g/mol. The quantitative estimate of drug-likeness (QED) is 0.374. The van der Waals surface area contributed by atoms with Crippen molar-refractivity contribution in [2.24, 2.45) is 0 Å². The zero-order valence-corrected chi connectivity index (χ0v) is 23.0. The van der Waals surface area contributed by atoms with Crippen LogP contribution in [0, 0.1) is 0 Å². The Morgan fingerprint density at radius 3 is 1.41 bits per heavy atom. The lowest BCUT2D eigenvalue weighted by atomic mass is 10.2. The maximum absolute atomic E-state index is 13.0. The molecule has 2 aliphatic rings. The third kappa shape index (κ3) is 4.83. The van der Waals surface area contributed by atoms with Crippen molar-refractivity contribution in [1.29, 1.82) is 0 Å². The van der Waals surface area contributed by atoms with Gasteiger partial charge in [-0.3, -0.25) is 30.0 Å². The fourth-order valence-corrected chi connectivity index (χ4v) is 6.26. The lowest BCUT2D eigenvalue weighted by Crippen LogP contribution is -2.45. The predicted molar refractivity (Wildman–Crippen MR) is 144 cm³/mol. The highest BCUT2D eigenvalue weighted by molar-refractivity contribution is 9.10. The number of carbonyl (C=O) groups excluding carboxylic acids is 4. The molecule has 2 aliphatic heterocycles. The lowest BCUT2D eigenvalue weighted by molar-refractivity contribution is -0.126. The minimum atomic E-state index is -0.673. The Kier molecular flexibility index (Phi) is 7.54. The molecule has 34 heavy (non-hydrogen) atoms. The van der Waals surface area contributed by atoms with E-state index < -0.39 is 23.6 Å². The molecule has 0 atom stereocenters. The number of benzene rings is 2. The van der Waals surface area contributed by atoms with E-state index in [4.69, 9.17) is 24.4 Å². The third-order valence-electron chi connectivity index (χ3n) is 4.41. The summed E-state index contributed by atoms with van der Waals surface area (Å²) in [4.78, 5) is 51.3. The summed E-state index contributed by atoms with van der Waals surface area (Å²) in [6, 6.07) is 13.4. The number of rotatable bonds is 4. The number of thioether (sulfide) groups is 2. The Bertz CT molecular complexity index is 1230. The van der Waals surface area contributed by atoms with Gasteiger partial charge in [0.2, 0.25) is 0 Å². The summed E-state index contributed by atoms with van der Waals surface area (Å²) in [5, 5.41) is 1.81. The van der Waals surface area contributed by atoms with Crippen molar-refractivity contribution in [3.63, 3.8) is 0 Å². The van der Waals surface area contributed by atoms with Crippen molar-refractivity contribution in [2.45, 2.75) is 0 Å². The van der Waals surface area contributed by atoms with Crippen LogP contribution in [0.3, 0.4) is 0 Å². The molecule has 172 valence electrons. The normalized spacial score (nSPS) is 18.1. The molecule has 8 nitrogen and oxygen atoms in total. The van der Waals surface area contributed by atoms with Crippen LogP contribution in [0.1, 0.15) is 20.7 Å². The van der Waals surface area contributed by atoms with Crippen molar-refractivity contribution in [1.82, 2.24) is 20.9 Å². The van der Waals surface area contributed by atoms with Crippen LogP contribution in [0.15, 0.2) is 67.3 Å². The van der Waals surface area contributed by atoms with Gasteiger partial charge in [-0.05, 0) is 80.6 Å². The van der Waals surface area contributed by atoms with Crippen molar-refractivity contribution in [3.8, 4) is 0 Å². The zero-order chi connectivity index (χ0) is 24.6. The molecule has 0 saturated carbocycles. The van der Waals surface area contributed by atoms with Crippen molar-refractivity contribution < 1.29 is 19.2 Å². The van der Waals surface area contributed by atoms with Gasteiger partial charge in [-0.2, -0.15) is 10.0 Å². The molecule has 0 spiro atoms. The number of hydrogen-bond donors (Lipinski definition) is 2. The van der Waals surface area contributed by atoms with Gasteiger partial charge < -0.3 is 0 Å². The highest BCUT2D eigenvalue weighted by atomic mass is 79.9. The van der Waals surface area contributed by atoms with Crippen molar-refractivity contribution in [2.75, 3.05) is 0 Å². The molecule has 2 N–H and O–H groups in total. The smallest absolute Gasteiger partial charge is 0.267 e. The molecule has 2 fully saturated rings. The van der Waals surface area contributed by atoms with Crippen LogP contribution in [-0.4, -0.2) is 42.3 Å². The Hall–Kier alpha value is -2.10. The highest BCUT2D eigenvalue weighted by Gasteiger charge is 2.43. The van der Waals surface area contributed by atoms with Gasteiger partial charge >= 0.3 is 0 Å². The fraction of sp³-hybridized carbons (Fsp3) is 0.